The maximum absolute atomic E-state index is 11.3. The van der Waals surface area contributed by atoms with E-state index in [1.165, 1.54) is 10.6 Å². The first-order chi connectivity index (χ1) is 7.80. The van der Waals surface area contributed by atoms with E-state index in [2.05, 4.69) is 4.90 Å². The van der Waals surface area contributed by atoms with E-state index in [9.17, 15) is 13.2 Å². The van der Waals surface area contributed by atoms with E-state index in [4.69, 9.17) is 11.5 Å². The predicted molar refractivity (Wildman–Crippen MR) is 64.6 cm³/mol. The summed E-state index contributed by atoms with van der Waals surface area (Å²) in [6.07, 6.45) is 1.72. The first-order valence-electron chi connectivity index (χ1n) is 5.53. The fourth-order valence-electron chi connectivity index (χ4n) is 1.75. The number of hydrogen-bond acceptors (Lipinski definition) is 5. The minimum atomic E-state index is -3.09. The Kier molecular flexibility index (Phi) is 4.87. The molecule has 7 nitrogen and oxygen atoms in total. The van der Waals surface area contributed by atoms with Crippen LogP contribution in [-0.4, -0.2) is 68.6 Å². The average molecular weight is 264 g/mol. The number of nitrogens with zero attached hydrogens (tertiary/aromatic N) is 2. The number of nitrogens with two attached hydrogens (primary N) is 2. The minimum Gasteiger partial charge on any atom is -0.368 e. The van der Waals surface area contributed by atoms with Crippen LogP contribution in [-0.2, 0) is 14.8 Å². The van der Waals surface area contributed by atoms with Crippen LogP contribution in [0.15, 0.2) is 0 Å². The highest BCUT2D eigenvalue weighted by atomic mass is 32.2. The van der Waals surface area contributed by atoms with Crippen molar-refractivity contribution >= 4 is 15.9 Å². The topological polar surface area (TPSA) is 110 Å². The van der Waals surface area contributed by atoms with Crippen molar-refractivity contribution in [3.05, 3.63) is 0 Å². The summed E-state index contributed by atoms with van der Waals surface area (Å²) in [5, 5.41) is 0. The lowest BCUT2D eigenvalue weighted by atomic mass is 10.2. The Balaban J connectivity index is 2.31. The fourth-order valence-corrected chi connectivity index (χ4v) is 2.58. The number of carbonyl (C=O) groups excluding carboxylic acids is 1. The Morgan fingerprint density at radius 1 is 1.29 bits per heavy atom. The van der Waals surface area contributed by atoms with E-state index < -0.39 is 22.0 Å². The van der Waals surface area contributed by atoms with Gasteiger partial charge in [-0.3, -0.25) is 4.79 Å². The summed E-state index contributed by atoms with van der Waals surface area (Å²) in [7, 11) is -3.09. The molecule has 1 amide bonds. The van der Waals surface area contributed by atoms with Crippen molar-refractivity contribution in [1.29, 1.82) is 0 Å². The van der Waals surface area contributed by atoms with Crippen molar-refractivity contribution in [3.63, 3.8) is 0 Å². The highest BCUT2D eigenvalue weighted by Crippen LogP contribution is 2.06. The fraction of sp³-hybridized carbons (Fsp3) is 0.889. The molecule has 1 heterocycles. The number of hydrogen-bond donors (Lipinski definition) is 2. The van der Waals surface area contributed by atoms with Crippen LogP contribution in [0.2, 0.25) is 0 Å². The molecule has 1 unspecified atom stereocenters. The van der Waals surface area contributed by atoms with Gasteiger partial charge in [0.1, 0.15) is 0 Å². The first-order valence-corrected chi connectivity index (χ1v) is 7.38. The molecule has 8 heteroatoms. The maximum atomic E-state index is 11.3. The van der Waals surface area contributed by atoms with Gasteiger partial charge < -0.3 is 16.4 Å². The smallest absolute Gasteiger partial charge is 0.234 e. The lowest BCUT2D eigenvalue weighted by molar-refractivity contribution is -0.119. The standard InChI is InChI=1S/C9H20N4O3S/c1-17(15,16)13-6-4-12(5-7-13)3-2-8(10)9(11)14/h8H,2-7,10H2,1H3,(H2,11,14). The van der Waals surface area contributed by atoms with Crippen molar-refractivity contribution in [2.24, 2.45) is 11.5 Å². The molecule has 0 saturated carbocycles. The monoisotopic (exact) mass is 264 g/mol. The zero-order chi connectivity index (χ0) is 13.1. The Morgan fingerprint density at radius 2 is 1.82 bits per heavy atom. The third-order valence-corrected chi connectivity index (χ3v) is 4.23. The largest absolute Gasteiger partial charge is 0.368 e. The third kappa shape index (κ3) is 4.58. The highest BCUT2D eigenvalue weighted by Gasteiger charge is 2.23. The van der Waals surface area contributed by atoms with Gasteiger partial charge in [0.2, 0.25) is 15.9 Å². The molecular weight excluding hydrogens is 244 g/mol. The SMILES string of the molecule is CS(=O)(=O)N1CCN(CCC(N)C(N)=O)CC1. The first kappa shape index (κ1) is 14.4. The lowest BCUT2D eigenvalue weighted by Gasteiger charge is -2.33. The van der Waals surface area contributed by atoms with Crippen LogP contribution >= 0.6 is 0 Å². The Labute approximate surface area is 102 Å². The van der Waals surface area contributed by atoms with Crippen LogP contribution < -0.4 is 11.5 Å². The van der Waals surface area contributed by atoms with Gasteiger partial charge in [-0.05, 0) is 6.42 Å². The molecule has 1 atom stereocenters. The number of sulfonamides is 1. The summed E-state index contributed by atoms with van der Waals surface area (Å²) in [5.74, 6) is -0.500. The van der Waals surface area contributed by atoms with Crippen molar-refractivity contribution in [1.82, 2.24) is 9.21 Å². The zero-order valence-electron chi connectivity index (χ0n) is 10.0. The second-order valence-corrected chi connectivity index (χ2v) is 6.28. The summed E-state index contributed by atoms with van der Waals surface area (Å²) in [6, 6.07) is -0.622. The molecule has 0 aromatic heterocycles. The van der Waals surface area contributed by atoms with E-state index in [0.29, 0.717) is 39.1 Å². The van der Waals surface area contributed by atoms with E-state index in [1.54, 1.807) is 0 Å². The zero-order valence-corrected chi connectivity index (χ0v) is 10.8. The van der Waals surface area contributed by atoms with E-state index in [0.717, 1.165) is 0 Å². The number of piperazine rings is 1. The van der Waals surface area contributed by atoms with Crippen LogP contribution in [0, 0.1) is 0 Å². The summed E-state index contributed by atoms with van der Waals surface area (Å²) < 4.78 is 24.0. The molecule has 0 bridgehead atoms. The van der Waals surface area contributed by atoms with E-state index in [-0.39, 0.29) is 0 Å². The second-order valence-electron chi connectivity index (χ2n) is 4.30. The minimum absolute atomic E-state index is 0.491. The average Bonchev–Trinajstić information content (AvgIpc) is 2.25. The number of amides is 1. The molecule has 1 aliphatic rings. The molecule has 100 valence electrons. The molecule has 0 aromatic carbocycles. The van der Waals surface area contributed by atoms with E-state index >= 15 is 0 Å². The Hall–Kier alpha value is -0.700. The molecule has 4 N–H and O–H groups in total. The van der Waals surface area contributed by atoms with Crippen LogP contribution in [0.5, 0.6) is 0 Å². The van der Waals surface area contributed by atoms with Crippen LogP contribution in [0.1, 0.15) is 6.42 Å². The molecule has 1 fully saturated rings. The summed E-state index contributed by atoms with van der Waals surface area (Å²) in [4.78, 5) is 12.8. The van der Waals surface area contributed by atoms with Gasteiger partial charge in [0.15, 0.2) is 0 Å². The summed E-state index contributed by atoms with van der Waals surface area (Å²) in [5.41, 5.74) is 10.6. The molecule has 1 saturated heterocycles. The summed E-state index contributed by atoms with van der Waals surface area (Å²) >= 11 is 0. The van der Waals surface area contributed by atoms with Crippen LogP contribution in [0.4, 0.5) is 0 Å². The third-order valence-electron chi connectivity index (χ3n) is 2.92. The van der Waals surface area contributed by atoms with Crippen LogP contribution in [0.25, 0.3) is 0 Å². The van der Waals surface area contributed by atoms with Gasteiger partial charge in [0.05, 0.1) is 12.3 Å². The van der Waals surface area contributed by atoms with Crippen molar-refractivity contribution in [2.45, 2.75) is 12.5 Å². The quantitative estimate of drug-likeness (QED) is 0.584. The van der Waals surface area contributed by atoms with Gasteiger partial charge >= 0.3 is 0 Å². The predicted octanol–water partition coefficient (Wildman–Crippen LogP) is -2.23. The Morgan fingerprint density at radius 3 is 2.24 bits per heavy atom. The van der Waals surface area contributed by atoms with E-state index in [1.807, 2.05) is 0 Å². The molecule has 0 aliphatic carbocycles. The van der Waals surface area contributed by atoms with Crippen LogP contribution in [0.3, 0.4) is 0 Å². The molecule has 0 radical (unpaired) electrons. The normalized spacial score (nSPS) is 21.3. The van der Waals surface area contributed by atoms with Crippen molar-refractivity contribution in [3.8, 4) is 0 Å². The lowest BCUT2D eigenvalue weighted by Crippen LogP contribution is -2.49. The molecule has 1 aliphatic heterocycles. The molecule has 1 rings (SSSR count). The number of carbonyl (C=O) groups is 1. The van der Waals surface area contributed by atoms with Gasteiger partial charge in [-0.2, -0.15) is 4.31 Å². The van der Waals surface area contributed by atoms with Gasteiger partial charge in [0, 0.05) is 32.7 Å². The molecule has 0 spiro atoms. The number of primary amides is 1. The van der Waals surface area contributed by atoms with Crippen molar-refractivity contribution < 1.29 is 13.2 Å². The van der Waals surface area contributed by atoms with Crippen molar-refractivity contribution in [2.75, 3.05) is 39.0 Å². The van der Waals surface area contributed by atoms with Gasteiger partial charge in [-0.25, -0.2) is 8.42 Å². The molecule has 17 heavy (non-hydrogen) atoms. The van der Waals surface area contributed by atoms with Gasteiger partial charge in [-0.1, -0.05) is 0 Å². The molecular formula is C9H20N4O3S. The summed E-state index contributed by atoms with van der Waals surface area (Å²) in [6.45, 7) is 2.98. The highest BCUT2D eigenvalue weighted by molar-refractivity contribution is 7.88. The van der Waals surface area contributed by atoms with Gasteiger partial charge in [-0.15, -0.1) is 0 Å². The molecule has 0 aromatic rings. The number of rotatable bonds is 5. The van der Waals surface area contributed by atoms with Gasteiger partial charge in [0.25, 0.3) is 0 Å². The maximum Gasteiger partial charge on any atom is 0.234 e. The second kappa shape index (κ2) is 5.76. The Bertz CT molecular complexity index is 362.